The van der Waals surface area contributed by atoms with Crippen molar-refractivity contribution in [3.05, 3.63) is 30.3 Å². The Hall–Kier alpha value is -1.07. The maximum Gasteiger partial charge on any atom is 0.332 e. The Morgan fingerprint density at radius 3 is 2.25 bits per heavy atom. The molecule has 0 saturated carbocycles. The van der Waals surface area contributed by atoms with E-state index in [-0.39, 0.29) is 12.4 Å². The number of hydrogen-bond donors (Lipinski definition) is 1. The molecule has 0 amide bonds. The second kappa shape index (κ2) is 5.56. The first kappa shape index (κ1) is 10.9. The van der Waals surface area contributed by atoms with Crippen molar-refractivity contribution in [2.75, 3.05) is 5.43 Å². The van der Waals surface area contributed by atoms with E-state index >= 15 is 0 Å². The van der Waals surface area contributed by atoms with E-state index in [4.69, 9.17) is 0 Å². The van der Waals surface area contributed by atoms with Gasteiger partial charge in [0.1, 0.15) is 0 Å². The molecule has 1 aromatic carbocycles. The molecule has 0 spiro atoms. The molecule has 0 fully saturated rings. The van der Waals surface area contributed by atoms with Crippen LogP contribution in [-0.2, 0) is 10.5 Å². The first-order valence-corrected chi connectivity index (χ1v) is 3.93. The van der Waals surface area contributed by atoms with E-state index in [0.717, 1.165) is 0 Å². The quantitative estimate of drug-likeness (QED) is 0.746. The molecule has 1 N–H and O–H groups in total. The zero-order chi connectivity index (χ0) is 8.10. The molecule has 0 atom stereocenters. The van der Waals surface area contributed by atoms with Crippen molar-refractivity contribution in [2.45, 2.75) is 0 Å². The van der Waals surface area contributed by atoms with Gasteiger partial charge in [0.2, 0.25) is 0 Å². The third-order valence-corrected chi connectivity index (χ3v) is 1.26. The van der Waals surface area contributed by atoms with E-state index < -0.39 is 10.5 Å². The average molecular weight is 207 g/mol. The van der Waals surface area contributed by atoms with Crippen LogP contribution in [0.25, 0.3) is 0 Å². The second-order valence-corrected chi connectivity index (χ2v) is 2.40. The molecule has 0 saturated heterocycles. The van der Waals surface area contributed by atoms with Crippen molar-refractivity contribution in [2.24, 2.45) is 4.47 Å². The maximum absolute atomic E-state index is 9.94. The summed E-state index contributed by atoms with van der Waals surface area (Å²) in [4.78, 5) is 0. The summed E-state index contributed by atoms with van der Waals surface area (Å²) < 4.78 is 22.9. The van der Waals surface area contributed by atoms with Crippen molar-refractivity contribution < 1.29 is 8.42 Å². The van der Waals surface area contributed by atoms with Crippen LogP contribution in [0.2, 0.25) is 0 Å². The van der Waals surface area contributed by atoms with Crippen LogP contribution in [0, 0.1) is 0 Å². The van der Waals surface area contributed by atoms with Gasteiger partial charge in [-0.05, 0) is 12.1 Å². The minimum absolute atomic E-state index is 0. The minimum Gasteiger partial charge on any atom is -0.263 e. The zero-order valence-electron chi connectivity index (χ0n) is 5.97. The molecule has 0 aliphatic carbocycles. The van der Waals surface area contributed by atoms with Crippen LogP contribution in [0.4, 0.5) is 5.69 Å². The Labute approximate surface area is 77.7 Å². The Bertz CT molecular complexity index is 341. The van der Waals surface area contributed by atoms with Crippen molar-refractivity contribution >= 4 is 28.6 Å². The highest BCUT2D eigenvalue weighted by molar-refractivity contribution is 7.61. The normalized spacial score (nSPS) is 8.00. The van der Waals surface area contributed by atoms with Gasteiger partial charge in [0.05, 0.1) is 5.69 Å². The van der Waals surface area contributed by atoms with Gasteiger partial charge < -0.3 is 0 Å². The molecule has 0 aliphatic heterocycles. The Kier molecular flexibility index (Phi) is 5.07. The smallest absolute Gasteiger partial charge is 0.263 e. The van der Waals surface area contributed by atoms with E-state index in [2.05, 4.69) is 9.90 Å². The zero-order valence-corrected chi connectivity index (χ0v) is 7.60. The summed E-state index contributed by atoms with van der Waals surface area (Å²) in [6.45, 7) is 0. The molecular formula is C6H7ClN2O2S. The number of para-hydroxylation sites is 1. The lowest BCUT2D eigenvalue weighted by Crippen LogP contribution is -1.84. The number of benzene rings is 1. The third-order valence-electron chi connectivity index (χ3n) is 1.02. The number of halogens is 1. The van der Waals surface area contributed by atoms with Crippen LogP contribution in [0.5, 0.6) is 0 Å². The molecule has 0 radical (unpaired) electrons. The summed E-state index contributed by atoms with van der Waals surface area (Å²) in [5.41, 5.74) is 3.01. The van der Waals surface area contributed by atoms with Gasteiger partial charge >= 0.3 is 10.5 Å². The van der Waals surface area contributed by atoms with Gasteiger partial charge in [-0.2, -0.15) is 8.42 Å². The Morgan fingerprint density at radius 2 is 1.75 bits per heavy atom. The van der Waals surface area contributed by atoms with E-state index in [1.54, 1.807) is 24.3 Å². The number of anilines is 1. The molecule has 1 aromatic rings. The summed E-state index contributed by atoms with van der Waals surface area (Å²) in [5, 5.41) is 0. The summed E-state index contributed by atoms with van der Waals surface area (Å²) in [6, 6.07) is 8.84. The molecule has 12 heavy (non-hydrogen) atoms. The number of rotatable bonds is 2. The summed E-state index contributed by atoms with van der Waals surface area (Å²) in [5.74, 6) is 0. The van der Waals surface area contributed by atoms with Crippen molar-refractivity contribution in [1.29, 1.82) is 0 Å². The highest BCUT2D eigenvalue weighted by atomic mass is 35.5. The van der Waals surface area contributed by atoms with E-state index in [9.17, 15) is 8.42 Å². The summed E-state index contributed by atoms with van der Waals surface area (Å²) in [6.07, 6.45) is 0. The molecule has 66 valence electrons. The molecule has 0 heterocycles. The monoisotopic (exact) mass is 206 g/mol. The molecule has 0 unspecified atom stereocenters. The predicted octanol–water partition coefficient (Wildman–Crippen LogP) is 1.50. The molecule has 0 aromatic heterocycles. The molecule has 0 aliphatic rings. The van der Waals surface area contributed by atoms with Gasteiger partial charge in [-0.15, -0.1) is 12.4 Å². The van der Waals surface area contributed by atoms with Crippen LogP contribution < -0.4 is 5.43 Å². The minimum atomic E-state index is -2.40. The number of nitrogens with zero attached hydrogens (tertiary/aromatic N) is 1. The van der Waals surface area contributed by atoms with E-state index in [1.165, 1.54) is 0 Å². The fourth-order valence-corrected chi connectivity index (χ4v) is 0.783. The van der Waals surface area contributed by atoms with Gasteiger partial charge in [-0.25, -0.2) is 0 Å². The summed E-state index contributed by atoms with van der Waals surface area (Å²) >= 11 is 0. The fraction of sp³-hybridized carbons (Fsp3) is 0. The Morgan fingerprint density at radius 1 is 1.17 bits per heavy atom. The number of hydrogen-bond acceptors (Lipinski definition) is 3. The van der Waals surface area contributed by atoms with Crippen LogP contribution in [0.15, 0.2) is 34.8 Å². The van der Waals surface area contributed by atoms with E-state index in [0.29, 0.717) is 5.69 Å². The van der Waals surface area contributed by atoms with E-state index in [1.807, 2.05) is 6.07 Å². The van der Waals surface area contributed by atoms with Crippen LogP contribution in [-0.4, -0.2) is 8.42 Å². The summed E-state index contributed by atoms with van der Waals surface area (Å²) in [7, 11) is -2.40. The second-order valence-electron chi connectivity index (χ2n) is 1.79. The van der Waals surface area contributed by atoms with Gasteiger partial charge in [0, 0.05) is 0 Å². The van der Waals surface area contributed by atoms with Crippen LogP contribution in [0.3, 0.4) is 0 Å². The van der Waals surface area contributed by atoms with Crippen molar-refractivity contribution in [3.8, 4) is 0 Å². The number of nitrogens with one attached hydrogen (secondary N) is 1. The van der Waals surface area contributed by atoms with Crippen molar-refractivity contribution in [3.63, 3.8) is 0 Å². The highest BCUT2D eigenvalue weighted by Gasteiger charge is 1.83. The predicted molar refractivity (Wildman–Crippen MR) is 48.7 cm³/mol. The fourth-order valence-electron chi connectivity index (χ4n) is 0.603. The lowest BCUT2D eigenvalue weighted by molar-refractivity contribution is 0.621. The SMILES string of the molecule is Cl.O=S(=O)=NNc1ccccc1. The van der Waals surface area contributed by atoms with Gasteiger partial charge in [0.15, 0.2) is 0 Å². The highest BCUT2D eigenvalue weighted by Crippen LogP contribution is 2.03. The molecule has 1 rings (SSSR count). The van der Waals surface area contributed by atoms with Crippen LogP contribution in [0.1, 0.15) is 0 Å². The molecule has 4 nitrogen and oxygen atoms in total. The maximum atomic E-state index is 9.94. The lowest BCUT2D eigenvalue weighted by atomic mass is 10.3. The lowest BCUT2D eigenvalue weighted by Gasteiger charge is -1.93. The average Bonchev–Trinajstić information content (AvgIpc) is 2.03. The van der Waals surface area contributed by atoms with Gasteiger partial charge in [-0.1, -0.05) is 22.7 Å². The van der Waals surface area contributed by atoms with Crippen molar-refractivity contribution in [1.82, 2.24) is 0 Å². The van der Waals surface area contributed by atoms with Gasteiger partial charge in [0.25, 0.3) is 0 Å². The largest absolute Gasteiger partial charge is 0.332 e. The first-order chi connectivity index (χ1) is 5.29. The third kappa shape index (κ3) is 3.95. The first-order valence-electron chi connectivity index (χ1n) is 2.90. The van der Waals surface area contributed by atoms with Gasteiger partial charge in [-0.3, -0.25) is 5.43 Å². The molecular weight excluding hydrogens is 200 g/mol. The standard InChI is InChI=1S/C6H6N2O2S.ClH/c9-11(10)8-7-6-4-2-1-3-5-6;/h1-5,7H;1H. The molecule has 6 heteroatoms. The van der Waals surface area contributed by atoms with Crippen LogP contribution >= 0.6 is 12.4 Å². The Balaban J connectivity index is 0.00000121. The molecule has 0 bridgehead atoms. The topological polar surface area (TPSA) is 58.5 Å².